The molecule has 112 valence electrons. The lowest BCUT2D eigenvalue weighted by Gasteiger charge is -2.08. The van der Waals surface area contributed by atoms with Gasteiger partial charge in [-0.25, -0.2) is 9.78 Å². The van der Waals surface area contributed by atoms with Gasteiger partial charge in [-0.1, -0.05) is 29.0 Å². The van der Waals surface area contributed by atoms with E-state index < -0.39 is 17.7 Å². The van der Waals surface area contributed by atoms with Gasteiger partial charge >= 0.3 is 12.1 Å². The fraction of sp³-hybridized carbons (Fsp3) is 0.167. The Morgan fingerprint density at radius 2 is 2.14 bits per heavy atom. The maximum atomic E-state index is 12.6. The largest absolute Gasteiger partial charge is 0.465 e. The van der Waals surface area contributed by atoms with E-state index in [0.717, 1.165) is 23.5 Å². The van der Waals surface area contributed by atoms with Gasteiger partial charge < -0.3 is 10.1 Å². The van der Waals surface area contributed by atoms with Gasteiger partial charge in [0.2, 0.25) is 0 Å². The Morgan fingerprint density at radius 1 is 1.43 bits per heavy atom. The fourth-order valence-corrected chi connectivity index (χ4v) is 2.59. The van der Waals surface area contributed by atoms with Gasteiger partial charge in [0.15, 0.2) is 15.2 Å². The number of ether oxygens (including phenoxy) is 1. The Morgan fingerprint density at radius 3 is 2.76 bits per heavy atom. The third kappa shape index (κ3) is 3.64. The molecular weight excluding hydrogens is 329 g/mol. The van der Waals surface area contributed by atoms with Crippen molar-refractivity contribution >= 4 is 39.7 Å². The van der Waals surface area contributed by atoms with Gasteiger partial charge in [-0.2, -0.15) is 13.2 Å². The van der Waals surface area contributed by atoms with Crippen LogP contribution in [-0.2, 0) is 10.9 Å². The van der Waals surface area contributed by atoms with E-state index in [1.165, 1.54) is 19.2 Å². The van der Waals surface area contributed by atoms with E-state index in [1.807, 2.05) is 0 Å². The molecule has 0 aliphatic heterocycles. The van der Waals surface area contributed by atoms with Gasteiger partial charge in [-0.05, 0) is 18.2 Å². The van der Waals surface area contributed by atoms with Crippen molar-refractivity contribution in [1.82, 2.24) is 4.98 Å². The molecule has 21 heavy (non-hydrogen) atoms. The van der Waals surface area contributed by atoms with Crippen molar-refractivity contribution in [3.8, 4) is 0 Å². The van der Waals surface area contributed by atoms with E-state index in [4.69, 9.17) is 11.6 Å². The topological polar surface area (TPSA) is 51.2 Å². The zero-order valence-corrected chi connectivity index (χ0v) is 12.1. The van der Waals surface area contributed by atoms with Crippen LogP contribution in [-0.4, -0.2) is 18.1 Å². The molecule has 0 saturated heterocycles. The number of benzene rings is 1. The molecule has 2 rings (SSSR count). The predicted octanol–water partition coefficient (Wildman–Crippen LogP) is 4.35. The fourth-order valence-electron chi connectivity index (χ4n) is 1.47. The summed E-state index contributed by atoms with van der Waals surface area (Å²) in [5.41, 5.74) is -0.602. The smallest absolute Gasteiger partial charge is 0.416 e. The summed E-state index contributed by atoms with van der Waals surface area (Å²) in [7, 11) is 1.19. The summed E-state index contributed by atoms with van der Waals surface area (Å²) < 4.78 is 42.3. The van der Waals surface area contributed by atoms with Gasteiger partial charge in [0, 0.05) is 5.69 Å². The first-order valence-corrected chi connectivity index (χ1v) is 6.69. The van der Waals surface area contributed by atoms with Crippen LogP contribution in [0.15, 0.2) is 24.3 Å². The summed E-state index contributed by atoms with van der Waals surface area (Å²) in [5.74, 6) is -0.658. The summed E-state index contributed by atoms with van der Waals surface area (Å²) in [6, 6.07) is 4.61. The molecule has 1 heterocycles. The molecule has 0 atom stereocenters. The third-order valence-electron chi connectivity index (χ3n) is 2.40. The number of nitrogens with zero attached hydrogens (tertiary/aromatic N) is 1. The number of anilines is 2. The molecule has 4 nitrogen and oxygen atoms in total. The highest BCUT2D eigenvalue weighted by Gasteiger charge is 2.30. The second-order valence-corrected chi connectivity index (χ2v) is 5.19. The number of carbonyl (C=O) groups excluding carboxylic acids is 1. The molecule has 0 unspecified atom stereocenters. The number of carbonyl (C=O) groups is 1. The van der Waals surface area contributed by atoms with Gasteiger partial charge in [0.25, 0.3) is 0 Å². The number of methoxy groups -OCH3 is 1. The molecule has 0 aliphatic rings. The lowest BCUT2D eigenvalue weighted by atomic mass is 10.2. The molecule has 0 saturated carbocycles. The molecule has 9 heteroatoms. The highest BCUT2D eigenvalue weighted by Crippen LogP contribution is 2.33. The van der Waals surface area contributed by atoms with Gasteiger partial charge in [-0.15, -0.1) is 0 Å². The van der Waals surface area contributed by atoms with Crippen molar-refractivity contribution in [2.45, 2.75) is 6.18 Å². The minimum Gasteiger partial charge on any atom is -0.465 e. The molecule has 1 aromatic carbocycles. The van der Waals surface area contributed by atoms with Crippen LogP contribution in [0.1, 0.15) is 15.2 Å². The molecule has 0 spiro atoms. The molecule has 1 aromatic heterocycles. The third-order valence-corrected chi connectivity index (χ3v) is 3.73. The number of aromatic nitrogens is 1. The van der Waals surface area contributed by atoms with Crippen LogP contribution in [0.2, 0.25) is 5.15 Å². The van der Waals surface area contributed by atoms with E-state index in [2.05, 4.69) is 15.0 Å². The van der Waals surface area contributed by atoms with Crippen molar-refractivity contribution in [2.24, 2.45) is 0 Å². The number of esters is 1. The van der Waals surface area contributed by atoms with Crippen molar-refractivity contribution in [3.05, 3.63) is 39.9 Å². The molecular formula is C12H8ClF3N2O2S. The first-order valence-electron chi connectivity index (χ1n) is 5.50. The van der Waals surface area contributed by atoms with E-state index in [-0.39, 0.29) is 20.8 Å². The Labute approximate surface area is 126 Å². The Bertz CT molecular complexity index is 673. The van der Waals surface area contributed by atoms with Crippen LogP contribution in [0, 0.1) is 0 Å². The number of thiazole rings is 1. The summed E-state index contributed by atoms with van der Waals surface area (Å²) in [6.07, 6.45) is -4.44. The lowest BCUT2D eigenvalue weighted by molar-refractivity contribution is -0.137. The Kier molecular flexibility index (Phi) is 4.38. The van der Waals surface area contributed by atoms with Crippen molar-refractivity contribution < 1.29 is 22.7 Å². The zero-order chi connectivity index (χ0) is 15.6. The number of halogens is 4. The monoisotopic (exact) mass is 336 g/mol. The summed E-state index contributed by atoms with van der Waals surface area (Å²) >= 11 is 6.66. The minimum absolute atomic E-state index is 0.0682. The minimum atomic E-state index is -4.44. The molecule has 0 aliphatic carbocycles. The van der Waals surface area contributed by atoms with Crippen LogP contribution < -0.4 is 5.32 Å². The normalized spacial score (nSPS) is 11.3. The number of alkyl halides is 3. The SMILES string of the molecule is COC(=O)c1sc(Nc2cccc(C(F)(F)F)c2)nc1Cl. The van der Waals surface area contributed by atoms with E-state index in [9.17, 15) is 18.0 Å². The lowest BCUT2D eigenvalue weighted by Crippen LogP contribution is -2.05. The first-order chi connectivity index (χ1) is 9.81. The van der Waals surface area contributed by atoms with Crippen molar-refractivity contribution in [2.75, 3.05) is 12.4 Å². The van der Waals surface area contributed by atoms with Crippen LogP contribution in [0.3, 0.4) is 0 Å². The second-order valence-electron chi connectivity index (χ2n) is 3.83. The van der Waals surface area contributed by atoms with Crippen molar-refractivity contribution in [1.29, 1.82) is 0 Å². The molecule has 1 N–H and O–H groups in total. The average molecular weight is 337 g/mol. The number of hydrogen-bond donors (Lipinski definition) is 1. The number of rotatable bonds is 3. The maximum absolute atomic E-state index is 12.6. The van der Waals surface area contributed by atoms with Crippen LogP contribution in [0.5, 0.6) is 0 Å². The molecule has 2 aromatic rings. The van der Waals surface area contributed by atoms with E-state index >= 15 is 0 Å². The molecule has 0 amide bonds. The summed E-state index contributed by atoms with van der Waals surface area (Å²) in [6.45, 7) is 0. The van der Waals surface area contributed by atoms with E-state index in [0.29, 0.717) is 0 Å². The zero-order valence-electron chi connectivity index (χ0n) is 10.5. The van der Waals surface area contributed by atoms with Crippen molar-refractivity contribution in [3.63, 3.8) is 0 Å². The second kappa shape index (κ2) is 5.90. The standard InChI is InChI=1S/C12H8ClF3N2O2S/c1-20-10(19)8-9(13)18-11(21-8)17-7-4-2-3-6(5-7)12(14,15)16/h2-5H,1H3,(H,17,18). The van der Waals surface area contributed by atoms with Crippen LogP contribution in [0.4, 0.5) is 24.0 Å². The highest BCUT2D eigenvalue weighted by atomic mass is 35.5. The van der Waals surface area contributed by atoms with Gasteiger partial charge in [0.05, 0.1) is 12.7 Å². The van der Waals surface area contributed by atoms with Crippen LogP contribution in [0.25, 0.3) is 0 Å². The maximum Gasteiger partial charge on any atom is 0.416 e. The summed E-state index contributed by atoms with van der Waals surface area (Å²) in [4.78, 5) is 15.3. The molecule has 0 radical (unpaired) electrons. The molecule has 0 fully saturated rings. The number of nitrogens with one attached hydrogen (secondary N) is 1. The van der Waals surface area contributed by atoms with Gasteiger partial charge in [0.1, 0.15) is 0 Å². The van der Waals surface area contributed by atoms with Gasteiger partial charge in [-0.3, -0.25) is 0 Å². The van der Waals surface area contributed by atoms with E-state index in [1.54, 1.807) is 0 Å². The summed E-state index contributed by atoms with van der Waals surface area (Å²) in [5, 5.41) is 2.80. The Hall–Kier alpha value is -1.80. The predicted molar refractivity (Wildman–Crippen MR) is 73.2 cm³/mol. The number of hydrogen-bond acceptors (Lipinski definition) is 5. The first kappa shape index (κ1) is 15.6. The Balaban J connectivity index is 2.25. The quantitative estimate of drug-likeness (QED) is 0.847. The molecule has 0 bridgehead atoms. The average Bonchev–Trinajstić information content (AvgIpc) is 2.78. The van der Waals surface area contributed by atoms with Crippen LogP contribution >= 0.6 is 22.9 Å². The highest BCUT2D eigenvalue weighted by molar-refractivity contribution is 7.18.